The Morgan fingerprint density at radius 3 is 2.34 bits per heavy atom. The van der Waals surface area contributed by atoms with Crippen LogP contribution in [0.2, 0.25) is 0 Å². The third-order valence-corrected chi connectivity index (χ3v) is 4.48. The van der Waals surface area contributed by atoms with Gasteiger partial charge in [0.05, 0.1) is 11.3 Å². The van der Waals surface area contributed by atoms with E-state index in [2.05, 4.69) is 10.7 Å². The number of carbonyl (C=O) groups excluding carboxylic acids is 1. The fraction of sp³-hybridized carbons (Fsp3) is 0.350. The van der Waals surface area contributed by atoms with Crippen molar-refractivity contribution < 1.29 is 18.0 Å². The summed E-state index contributed by atoms with van der Waals surface area (Å²) in [5.74, 6) is 4.90. The molecule has 0 aliphatic rings. The van der Waals surface area contributed by atoms with Crippen molar-refractivity contribution in [2.24, 2.45) is 5.84 Å². The molecular weight excluding hydrogens is 383 g/mol. The zero-order valence-electron chi connectivity index (χ0n) is 16.9. The Hall–Kier alpha value is -2.78. The highest BCUT2D eigenvalue weighted by atomic mass is 19.4. The highest BCUT2D eigenvalue weighted by molar-refractivity contribution is 6.05. The minimum Gasteiger partial charge on any atom is -0.373 e. The number of alkyl halides is 3. The van der Waals surface area contributed by atoms with E-state index in [4.69, 9.17) is 5.84 Å². The number of benzene rings is 2. The number of halogens is 3. The summed E-state index contributed by atoms with van der Waals surface area (Å²) < 4.78 is 40.1. The molecule has 6 nitrogen and oxygen atoms in total. The number of nitrogens with zero attached hydrogens (tertiary/aromatic N) is 2. The number of likely N-dealkylation sites (N-methyl/N-ethyl adjacent to an activating group) is 2. The van der Waals surface area contributed by atoms with Crippen LogP contribution in [0.4, 0.5) is 30.2 Å². The first-order valence-corrected chi connectivity index (χ1v) is 8.98. The summed E-state index contributed by atoms with van der Waals surface area (Å²) in [5, 5.41) is 2.56. The van der Waals surface area contributed by atoms with Crippen LogP contribution >= 0.6 is 0 Å². The maximum Gasteiger partial charge on any atom is 0.416 e. The predicted octanol–water partition coefficient (Wildman–Crippen LogP) is 3.55. The van der Waals surface area contributed by atoms with Crippen LogP contribution in [0.15, 0.2) is 36.4 Å². The molecule has 2 aromatic rings. The quantitative estimate of drug-likeness (QED) is 0.482. The van der Waals surface area contributed by atoms with Crippen LogP contribution in [-0.4, -0.2) is 45.0 Å². The molecule has 0 radical (unpaired) electrons. The van der Waals surface area contributed by atoms with Crippen molar-refractivity contribution in [1.82, 2.24) is 4.90 Å². The predicted molar refractivity (Wildman–Crippen MR) is 110 cm³/mol. The summed E-state index contributed by atoms with van der Waals surface area (Å²) in [5.41, 5.74) is 3.78. The summed E-state index contributed by atoms with van der Waals surface area (Å²) in [6.45, 7) is 3.03. The van der Waals surface area contributed by atoms with E-state index in [1.807, 2.05) is 25.9 Å². The molecule has 9 heteroatoms. The first-order valence-electron chi connectivity index (χ1n) is 8.98. The minimum absolute atomic E-state index is 0.0689. The highest BCUT2D eigenvalue weighted by Crippen LogP contribution is 2.34. The Bertz CT molecular complexity index is 868. The largest absolute Gasteiger partial charge is 0.416 e. The molecule has 4 N–H and O–H groups in total. The van der Waals surface area contributed by atoms with Crippen molar-refractivity contribution in [3.63, 3.8) is 0 Å². The van der Waals surface area contributed by atoms with Crippen LogP contribution in [0.1, 0.15) is 21.5 Å². The third kappa shape index (κ3) is 6.10. The van der Waals surface area contributed by atoms with Crippen LogP contribution in [0.25, 0.3) is 0 Å². The van der Waals surface area contributed by atoms with Crippen LogP contribution in [0.5, 0.6) is 0 Å². The second-order valence-electron chi connectivity index (χ2n) is 7.12. The zero-order valence-corrected chi connectivity index (χ0v) is 16.9. The normalized spacial score (nSPS) is 11.5. The number of hydrogen-bond acceptors (Lipinski definition) is 5. The van der Waals surface area contributed by atoms with Gasteiger partial charge in [0.25, 0.3) is 5.91 Å². The van der Waals surface area contributed by atoms with Gasteiger partial charge in [0, 0.05) is 37.1 Å². The first-order chi connectivity index (χ1) is 13.5. The molecule has 0 aromatic heterocycles. The van der Waals surface area contributed by atoms with Crippen LogP contribution in [0, 0.1) is 6.92 Å². The molecular formula is C20H26F3N5O. The lowest BCUT2D eigenvalue weighted by Crippen LogP contribution is -2.28. The number of anilines is 3. The van der Waals surface area contributed by atoms with Gasteiger partial charge in [-0.1, -0.05) is 6.07 Å². The standard InChI is InChI=1S/C20H26F3N5O/c1-13-5-6-14(9-18(13)26-24)19(29)25-16-10-15(20(21,22)23)11-17(12-16)28(4)8-7-27(2)3/h5-6,9-12,26H,7-8,24H2,1-4H3,(H,25,29). The summed E-state index contributed by atoms with van der Waals surface area (Å²) in [7, 11) is 5.49. The van der Waals surface area contributed by atoms with Crippen molar-refractivity contribution in [1.29, 1.82) is 0 Å². The average Bonchev–Trinajstić information content (AvgIpc) is 2.65. The molecule has 2 aromatic carbocycles. The van der Waals surface area contributed by atoms with E-state index in [1.54, 1.807) is 30.1 Å². The van der Waals surface area contributed by atoms with E-state index in [9.17, 15) is 18.0 Å². The number of nitrogens with two attached hydrogens (primary N) is 1. The topological polar surface area (TPSA) is 73.6 Å². The first kappa shape index (κ1) is 22.5. The molecule has 0 heterocycles. The maximum atomic E-state index is 13.4. The Balaban J connectivity index is 2.33. The molecule has 0 spiro atoms. The molecule has 0 fully saturated rings. The molecule has 0 unspecified atom stereocenters. The van der Waals surface area contributed by atoms with E-state index >= 15 is 0 Å². The van der Waals surface area contributed by atoms with Crippen molar-refractivity contribution in [2.75, 3.05) is 49.9 Å². The van der Waals surface area contributed by atoms with Gasteiger partial charge >= 0.3 is 6.18 Å². The van der Waals surface area contributed by atoms with Gasteiger partial charge in [-0.25, -0.2) is 0 Å². The van der Waals surface area contributed by atoms with Crippen LogP contribution in [-0.2, 0) is 6.18 Å². The second-order valence-corrected chi connectivity index (χ2v) is 7.12. The van der Waals surface area contributed by atoms with Gasteiger partial charge in [-0.3, -0.25) is 10.6 Å². The molecule has 1 amide bonds. The lowest BCUT2D eigenvalue weighted by molar-refractivity contribution is -0.137. The second kappa shape index (κ2) is 9.15. The highest BCUT2D eigenvalue weighted by Gasteiger charge is 2.31. The summed E-state index contributed by atoms with van der Waals surface area (Å²) in [6, 6.07) is 8.37. The molecule has 0 saturated carbocycles. The number of aryl methyl sites for hydroxylation is 1. The molecule has 29 heavy (non-hydrogen) atoms. The van der Waals surface area contributed by atoms with Crippen molar-refractivity contribution in [3.8, 4) is 0 Å². The number of hydrazine groups is 1. The van der Waals surface area contributed by atoms with Crippen LogP contribution in [0.3, 0.4) is 0 Å². The zero-order chi connectivity index (χ0) is 21.8. The number of nitrogen functional groups attached to an aromatic ring is 1. The van der Waals surface area contributed by atoms with Crippen LogP contribution < -0.4 is 21.5 Å². The molecule has 158 valence electrons. The van der Waals surface area contributed by atoms with E-state index < -0.39 is 17.6 Å². The SMILES string of the molecule is Cc1ccc(C(=O)Nc2cc(N(C)CCN(C)C)cc(C(F)(F)F)c2)cc1NN. The minimum atomic E-state index is -4.53. The smallest absolute Gasteiger partial charge is 0.373 e. The number of amides is 1. The van der Waals surface area contributed by atoms with Gasteiger partial charge in [0.15, 0.2) is 0 Å². The van der Waals surface area contributed by atoms with Gasteiger partial charge in [-0.15, -0.1) is 0 Å². The van der Waals surface area contributed by atoms with Gasteiger partial charge in [-0.05, 0) is 56.9 Å². The monoisotopic (exact) mass is 409 g/mol. The van der Waals surface area contributed by atoms with E-state index in [-0.39, 0.29) is 11.3 Å². The molecule has 0 bridgehead atoms. The Morgan fingerprint density at radius 2 is 1.76 bits per heavy atom. The summed E-state index contributed by atoms with van der Waals surface area (Å²) >= 11 is 0. The lowest BCUT2D eigenvalue weighted by Gasteiger charge is -2.23. The lowest BCUT2D eigenvalue weighted by atomic mass is 10.1. The third-order valence-electron chi connectivity index (χ3n) is 4.48. The average molecular weight is 409 g/mol. The van der Waals surface area contributed by atoms with Crippen molar-refractivity contribution in [2.45, 2.75) is 13.1 Å². The molecule has 2 rings (SSSR count). The fourth-order valence-electron chi connectivity index (χ4n) is 2.67. The molecule has 0 aliphatic carbocycles. The Labute approximate surface area is 168 Å². The van der Waals surface area contributed by atoms with Gasteiger partial charge in [-0.2, -0.15) is 13.2 Å². The van der Waals surface area contributed by atoms with E-state index in [1.165, 1.54) is 6.07 Å². The van der Waals surface area contributed by atoms with Gasteiger partial charge in [0.1, 0.15) is 0 Å². The summed E-state index contributed by atoms with van der Waals surface area (Å²) in [6.07, 6.45) is -4.53. The number of hydrogen-bond donors (Lipinski definition) is 3. The maximum absolute atomic E-state index is 13.4. The van der Waals surface area contributed by atoms with Crippen molar-refractivity contribution in [3.05, 3.63) is 53.1 Å². The fourth-order valence-corrected chi connectivity index (χ4v) is 2.67. The van der Waals surface area contributed by atoms with Gasteiger partial charge < -0.3 is 20.5 Å². The number of nitrogens with one attached hydrogen (secondary N) is 2. The van der Waals surface area contributed by atoms with Crippen molar-refractivity contribution >= 4 is 23.0 Å². The Kier molecular flexibility index (Phi) is 7.10. The molecule has 0 atom stereocenters. The summed E-state index contributed by atoms with van der Waals surface area (Å²) in [4.78, 5) is 16.2. The Morgan fingerprint density at radius 1 is 1.07 bits per heavy atom. The van der Waals surface area contributed by atoms with E-state index in [0.29, 0.717) is 24.5 Å². The van der Waals surface area contributed by atoms with Gasteiger partial charge in [0.2, 0.25) is 0 Å². The number of rotatable bonds is 7. The number of carbonyl (C=O) groups is 1. The molecule has 0 aliphatic heterocycles. The molecule has 0 saturated heterocycles. The van der Waals surface area contributed by atoms with E-state index in [0.717, 1.165) is 17.7 Å².